The van der Waals surface area contributed by atoms with Gasteiger partial charge in [0.25, 0.3) is 0 Å². The molecule has 2 aromatic carbocycles. The molecular weight excluding hydrogens is 368 g/mol. The molecule has 0 saturated carbocycles. The van der Waals surface area contributed by atoms with Crippen molar-refractivity contribution in [3.63, 3.8) is 0 Å². The number of nitrogens with one attached hydrogen (secondary N) is 2. The Kier molecular flexibility index (Phi) is 4.86. The number of benzene rings is 2. The van der Waals surface area contributed by atoms with Crippen LogP contribution in [0, 0.1) is 6.92 Å². The van der Waals surface area contributed by atoms with E-state index in [4.69, 9.17) is 16.3 Å². The molecule has 0 aliphatic carbocycles. The van der Waals surface area contributed by atoms with Crippen LogP contribution in [-0.2, 0) is 0 Å². The van der Waals surface area contributed by atoms with Crippen LogP contribution in [-0.4, -0.2) is 22.3 Å². The van der Waals surface area contributed by atoms with Gasteiger partial charge in [-0.3, -0.25) is 0 Å². The Bertz CT molecular complexity index is 951. The number of fused-ring (bicyclic) bond motifs is 6. The average Bonchev–Trinajstić information content (AvgIpc) is 2.61. The van der Waals surface area contributed by atoms with E-state index in [1.807, 2.05) is 37.3 Å². The molecule has 0 amide bonds. The van der Waals surface area contributed by atoms with Crippen LogP contribution in [0.25, 0.3) is 0 Å². The number of nitrogens with zero attached hydrogens (tertiary/aromatic N) is 2. The first-order chi connectivity index (χ1) is 12.7. The van der Waals surface area contributed by atoms with Crippen molar-refractivity contribution >= 4 is 46.5 Å². The lowest BCUT2D eigenvalue weighted by atomic mass is 10.2. The van der Waals surface area contributed by atoms with Gasteiger partial charge in [0.05, 0.1) is 12.8 Å². The molecule has 0 unspecified atom stereocenters. The van der Waals surface area contributed by atoms with E-state index in [0.29, 0.717) is 23.4 Å². The van der Waals surface area contributed by atoms with Crippen LogP contribution in [0.1, 0.15) is 5.56 Å². The number of anilines is 4. The van der Waals surface area contributed by atoms with E-state index < -0.39 is 0 Å². The molecule has 1 aromatic heterocycles. The summed E-state index contributed by atoms with van der Waals surface area (Å²) in [6, 6.07) is 14.1. The van der Waals surface area contributed by atoms with Gasteiger partial charge in [0.2, 0.25) is 5.95 Å². The van der Waals surface area contributed by atoms with Crippen LogP contribution < -0.4 is 15.4 Å². The molecule has 0 fully saturated rings. The smallest absolute Gasteiger partial charge is 0.229 e. The fourth-order valence-electron chi connectivity index (χ4n) is 2.67. The molecule has 1 aliphatic heterocycles. The molecule has 26 heavy (non-hydrogen) atoms. The summed E-state index contributed by atoms with van der Waals surface area (Å²) < 4.78 is 5.91. The van der Waals surface area contributed by atoms with Crippen molar-refractivity contribution in [1.29, 1.82) is 0 Å². The van der Waals surface area contributed by atoms with Gasteiger partial charge >= 0.3 is 0 Å². The number of rotatable bonds is 0. The van der Waals surface area contributed by atoms with E-state index in [0.717, 1.165) is 33.3 Å². The minimum absolute atomic E-state index is 0.464. The van der Waals surface area contributed by atoms with Gasteiger partial charge in [-0.1, -0.05) is 17.7 Å². The van der Waals surface area contributed by atoms with Crippen LogP contribution in [0.15, 0.2) is 53.6 Å². The third kappa shape index (κ3) is 4.03. The first-order valence-electron chi connectivity index (χ1n) is 8.20. The van der Waals surface area contributed by atoms with Gasteiger partial charge in [-0.2, -0.15) is 4.98 Å². The van der Waals surface area contributed by atoms with Crippen molar-refractivity contribution in [2.75, 3.05) is 23.0 Å². The lowest BCUT2D eigenvalue weighted by Gasteiger charge is -2.11. The molecule has 2 N–H and O–H groups in total. The second-order valence-corrected chi connectivity index (χ2v) is 7.48. The van der Waals surface area contributed by atoms with Gasteiger partial charge in [-0.15, -0.1) is 11.8 Å². The number of halogens is 1. The summed E-state index contributed by atoms with van der Waals surface area (Å²) in [7, 11) is 0. The summed E-state index contributed by atoms with van der Waals surface area (Å²) in [5.74, 6) is 2.71. The molecule has 2 heterocycles. The van der Waals surface area contributed by atoms with Crippen LogP contribution >= 0.6 is 23.4 Å². The highest BCUT2D eigenvalue weighted by Gasteiger charge is 2.09. The number of aromatic nitrogens is 2. The van der Waals surface area contributed by atoms with Gasteiger partial charge in [0, 0.05) is 28.1 Å². The molecule has 6 bridgehead atoms. The first-order valence-corrected chi connectivity index (χ1v) is 9.56. The molecule has 0 radical (unpaired) electrons. The van der Waals surface area contributed by atoms with Crippen molar-refractivity contribution in [2.45, 2.75) is 11.8 Å². The zero-order chi connectivity index (χ0) is 17.9. The van der Waals surface area contributed by atoms with Crippen molar-refractivity contribution in [2.24, 2.45) is 0 Å². The van der Waals surface area contributed by atoms with E-state index >= 15 is 0 Å². The fourth-order valence-corrected chi connectivity index (χ4v) is 3.59. The van der Waals surface area contributed by atoms with E-state index in [-0.39, 0.29) is 0 Å². The van der Waals surface area contributed by atoms with Gasteiger partial charge < -0.3 is 15.4 Å². The van der Waals surface area contributed by atoms with E-state index in [9.17, 15) is 0 Å². The maximum absolute atomic E-state index is 6.27. The van der Waals surface area contributed by atoms with E-state index in [1.54, 1.807) is 18.0 Å². The van der Waals surface area contributed by atoms with Crippen LogP contribution in [0.4, 0.5) is 23.1 Å². The Balaban J connectivity index is 1.75. The zero-order valence-corrected chi connectivity index (χ0v) is 15.7. The minimum Gasteiger partial charge on any atom is -0.493 e. The van der Waals surface area contributed by atoms with E-state index in [1.165, 1.54) is 0 Å². The number of ether oxygens (including phenoxy) is 1. The molecule has 1 aliphatic rings. The maximum Gasteiger partial charge on any atom is 0.229 e. The van der Waals surface area contributed by atoms with Gasteiger partial charge in [0.15, 0.2) is 5.82 Å². The fraction of sp³-hybridized carbons (Fsp3) is 0.158. The molecule has 0 saturated heterocycles. The Morgan fingerprint density at radius 2 is 2.04 bits per heavy atom. The van der Waals surface area contributed by atoms with Crippen LogP contribution in [0.2, 0.25) is 5.02 Å². The maximum atomic E-state index is 6.27. The Morgan fingerprint density at radius 3 is 2.96 bits per heavy atom. The number of thioether (sulfide) groups is 1. The highest BCUT2D eigenvalue weighted by Crippen LogP contribution is 2.29. The lowest BCUT2D eigenvalue weighted by Crippen LogP contribution is -2.02. The minimum atomic E-state index is 0.464. The molecule has 5 nitrogen and oxygen atoms in total. The summed E-state index contributed by atoms with van der Waals surface area (Å²) in [5, 5.41) is 6.96. The highest BCUT2D eigenvalue weighted by atomic mass is 35.5. The third-order valence-electron chi connectivity index (χ3n) is 3.77. The van der Waals surface area contributed by atoms with Crippen LogP contribution in [0.5, 0.6) is 5.75 Å². The normalized spacial score (nSPS) is 13.5. The van der Waals surface area contributed by atoms with Gasteiger partial charge in [-0.05, 0) is 42.8 Å². The number of hydrogen-bond acceptors (Lipinski definition) is 6. The topological polar surface area (TPSA) is 59.1 Å². The Labute approximate surface area is 161 Å². The second kappa shape index (κ2) is 7.43. The molecule has 7 heteroatoms. The van der Waals surface area contributed by atoms with Crippen molar-refractivity contribution < 1.29 is 4.74 Å². The standard InChI is InChI=1S/C19H17ClN4OS/c1-12-7-14-9-15(8-12)25-5-6-26-16-4-2-3-13(10-16)22-18-17(20)11-21-19(23-14)24-18/h2-4,7-11H,5-6H2,1H3,(H2,21,22,23,24). The predicted octanol–water partition coefficient (Wildman–Crippen LogP) is 5.41. The monoisotopic (exact) mass is 384 g/mol. The van der Waals surface area contributed by atoms with Crippen molar-refractivity contribution in [1.82, 2.24) is 9.97 Å². The van der Waals surface area contributed by atoms with Gasteiger partial charge in [0.1, 0.15) is 10.8 Å². The van der Waals surface area contributed by atoms with E-state index in [2.05, 4.69) is 32.7 Å². The lowest BCUT2D eigenvalue weighted by molar-refractivity contribution is 0.344. The molecule has 3 aromatic rings. The third-order valence-corrected chi connectivity index (χ3v) is 5.00. The molecule has 0 atom stereocenters. The SMILES string of the molecule is Cc1cc2cc(c1)OCCSc1cccc(c1)Nc1nc(ncc1Cl)N2. The molecule has 0 spiro atoms. The van der Waals surface area contributed by atoms with Crippen molar-refractivity contribution in [3.05, 3.63) is 59.2 Å². The summed E-state index contributed by atoms with van der Waals surface area (Å²) in [6.45, 7) is 2.66. The highest BCUT2D eigenvalue weighted by molar-refractivity contribution is 7.99. The summed E-state index contributed by atoms with van der Waals surface area (Å²) in [6.07, 6.45) is 1.59. The average molecular weight is 385 g/mol. The first kappa shape index (κ1) is 17.0. The summed E-state index contributed by atoms with van der Waals surface area (Å²) in [4.78, 5) is 9.93. The largest absolute Gasteiger partial charge is 0.493 e. The zero-order valence-electron chi connectivity index (χ0n) is 14.1. The quantitative estimate of drug-likeness (QED) is 0.540. The Morgan fingerprint density at radius 1 is 1.12 bits per heavy atom. The van der Waals surface area contributed by atoms with Gasteiger partial charge in [-0.25, -0.2) is 4.98 Å². The molecule has 4 rings (SSSR count). The number of aryl methyl sites for hydroxylation is 1. The van der Waals surface area contributed by atoms with Crippen LogP contribution in [0.3, 0.4) is 0 Å². The number of hydrogen-bond donors (Lipinski definition) is 2. The Hall–Kier alpha value is -2.44. The molecule has 132 valence electrons. The summed E-state index contributed by atoms with van der Waals surface area (Å²) >= 11 is 8.01. The van der Waals surface area contributed by atoms with Crippen molar-refractivity contribution in [3.8, 4) is 5.75 Å². The predicted molar refractivity (Wildman–Crippen MR) is 107 cm³/mol. The summed E-state index contributed by atoms with van der Waals surface area (Å²) in [5.41, 5.74) is 2.89. The molecular formula is C19H17ClN4OS. The second-order valence-electron chi connectivity index (χ2n) is 5.90.